The average Bonchev–Trinajstić information content (AvgIpc) is 2.73. The molecule has 2 aromatic heterocycles. The molecule has 0 saturated carbocycles. The van der Waals surface area contributed by atoms with Crippen LogP contribution in [-0.4, -0.2) is 65.0 Å². The summed E-state index contributed by atoms with van der Waals surface area (Å²) in [6.07, 6.45) is 3.66. The molecule has 1 saturated heterocycles. The van der Waals surface area contributed by atoms with Gasteiger partial charge in [0.05, 0.1) is 28.2 Å². The van der Waals surface area contributed by atoms with E-state index in [0.29, 0.717) is 11.2 Å². The van der Waals surface area contributed by atoms with E-state index < -0.39 is 0 Å². The molecule has 3 rings (SSSR count). The SMILES string of the molecule is C=N/C(C)=C(\SC(C)C)c1ccnc(Nc2ccc(N3CCN(C)CC3)cn2)n1. The van der Waals surface area contributed by atoms with Gasteiger partial charge in [-0.25, -0.2) is 15.0 Å². The van der Waals surface area contributed by atoms with E-state index in [2.05, 4.69) is 68.7 Å². The van der Waals surface area contributed by atoms with Crippen LogP contribution in [-0.2, 0) is 0 Å². The van der Waals surface area contributed by atoms with Gasteiger partial charge in [0.2, 0.25) is 5.95 Å². The third-order valence-corrected chi connectivity index (χ3v) is 5.88. The minimum absolute atomic E-state index is 0.414. The molecule has 0 spiro atoms. The Bertz CT molecular complexity index is 856. The maximum atomic E-state index is 4.67. The molecule has 0 bridgehead atoms. The number of rotatable bonds is 7. The van der Waals surface area contributed by atoms with Gasteiger partial charge in [0.1, 0.15) is 5.82 Å². The second kappa shape index (κ2) is 9.84. The average molecular weight is 412 g/mol. The number of hydrogen-bond acceptors (Lipinski definition) is 8. The predicted molar refractivity (Wildman–Crippen MR) is 124 cm³/mol. The Labute approximate surface area is 177 Å². The van der Waals surface area contributed by atoms with E-state index in [1.54, 1.807) is 18.0 Å². The van der Waals surface area contributed by atoms with Crippen LogP contribution in [0, 0.1) is 0 Å². The lowest BCUT2D eigenvalue weighted by molar-refractivity contribution is 0.313. The maximum absolute atomic E-state index is 4.67. The van der Waals surface area contributed by atoms with Gasteiger partial charge < -0.3 is 15.1 Å². The highest BCUT2D eigenvalue weighted by Crippen LogP contribution is 2.33. The molecule has 3 heterocycles. The molecule has 0 radical (unpaired) electrons. The van der Waals surface area contributed by atoms with Crippen molar-refractivity contribution in [3.8, 4) is 0 Å². The van der Waals surface area contributed by atoms with Crippen molar-refractivity contribution in [3.05, 3.63) is 42.0 Å². The molecule has 1 aliphatic rings. The van der Waals surface area contributed by atoms with Crippen molar-refractivity contribution >= 4 is 40.8 Å². The van der Waals surface area contributed by atoms with E-state index >= 15 is 0 Å². The van der Waals surface area contributed by atoms with Gasteiger partial charge in [-0.05, 0) is 38.9 Å². The number of aliphatic imine (C=N–C) groups is 1. The van der Waals surface area contributed by atoms with Gasteiger partial charge in [-0.15, -0.1) is 11.8 Å². The van der Waals surface area contributed by atoms with Crippen LogP contribution in [0.3, 0.4) is 0 Å². The van der Waals surface area contributed by atoms with Crippen LogP contribution in [0.15, 0.2) is 41.3 Å². The Kier molecular flexibility index (Phi) is 7.22. The zero-order valence-electron chi connectivity index (χ0n) is 17.6. The molecule has 0 amide bonds. The zero-order chi connectivity index (χ0) is 20.8. The number of pyridine rings is 1. The lowest BCUT2D eigenvalue weighted by Gasteiger charge is -2.33. The van der Waals surface area contributed by atoms with Gasteiger partial charge in [0.15, 0.2) is 0 Å². The molecular formula is C21H29N7S. The number of piperazine rings is 1. The first kappa shape index (κ1) is 21.3. The highest BCUT2D eigenvalue weighted by molar-refractivity contribution is 8.08. The first-order valence-corrected chi connectivity index (χ1v) is 10.7. The summed E-state index contributed by atoms with van der Waals surface area (Å²) in [6.45, 7) is 14.1. The first-order chi connectivity index (χ1) is 14.0. The van der Waals surface area contributed by atoms with E-state index in [1.807, 2.05) is 25.3 Å². The summed E-state index contributed by atoms with van der Waals surface area (Å²) in [7, 11) is 2.16. The van der Waals surface area contributed by atoms with E-state index in [1.165, 1.54) is 0 Å². The summed E-state index contributed by atoms with van der Waals surface area (Å²) >= 11 is 1.72. The number of aromatic nitrogens is 3. The summed E-state index contributed by atoms with van der Waals surface area (Å²) in [5.41, 5.74) is 2.84. The number of hydrogen-bond donors (Lipinski definition) is 1. The van der Waals surface area contributed by atoms with Gasteiger partial charge in [-0.2, -0.15) is 0 Å². The molecule has 1 N–H and O–H groups in total. The molecule has 0 aliphatic carbocycles. The molecule has 2 aromatic rings. The van der Waals surface area contributed by atoms with Crippen molar-refractivity contribution in [2.24, 2.45) is 4.99 Å². The van der Waals surface area contributed by atoms with E-state index in [0.717, 1.165) is 54.0 Å². The van der Waals surface area contributed by atoms with Crippen molar-refractivity contribution in [2.75, 3.05) is 43.4 Å². The molecule has 29 heavy (non-hydrogen) atoms. The molecule has 0 unspecified atom stereocenters. The minimum Gasteiger partial charge on any atom is -0.368 e. The smallest absolute Gasteiger partial charge is 0.228 e. The monoisotopic (exact) mass is 411 g/mol. The Hall–Kier alpha value is -2.45. The fourth-order valence-electron chi connectivity index (χ4n) is 3.01. The van der Waals surface area contributed by atoms with Crippen LogP contribution in [0.1, 0.15) is 26.5 Å². The topological polar surface area (TPSA) is 69.5 Å². The fourth-order valence-corrected chi connectivity index (χ4v) is 3.95. The largest absolute Gasteiger partial charge is 0.368 e. The van der Waals surface area contributed by atoms with Gasteiger partial charge in [0, 0.05) is 37.6 Å². The zero-order valence-corrected chi connectivity index (χ0v) is 18.4. The third-order valence-electron chi connectivity index (χ3n) is 4.66. The third kappa shape index (κ3) is 5.77. The lowest BCUT2D eigenvalue weighted by atomic mass is 10.3. The Morgan fingerprint density at radius 1 is 1.17 bits per heavy atom. The van der Waals surface area contributed by atoms with Crippen molar-refractivity contribution in [1.82, 2.24) is 19.9 Å². The standard InChI is InChI=1S/C21H29N7S/c1-15(2)29-20(16(3)22-4)18-8-9-23-21(25-18)26-19-7-6-17(14-24-19)28-12-10-27(5)11-13-28/h6-9,14-15H,4,10-13H2,1-3,5H3,(H,23,24,25,26)/b20-16-. The Morgan fingerprint density at radius 3 is 2.55 bits per heavy atom. The van der Waals surface area contributed by atoms with Crippen LogP contribution < -0.4 is 10.2 Å². The van der Waals surface area contributed by atoms with Crippen molar-refractivity contribution in [1.29, 1.82) is 0 Å². The van der Waals surface area contributed by atoms with Crippen molar-refractivity contribution < 1.29 is 0 Å². The predicted octanol–water partition coefficient (Wildman–Crippen LogP) is 3.90. The molecular weight excluding hydrogens is 382 g/mol. The van der Waals surface area contributed by atoms with Gasteiger partial charge >= 0.3 is 0 Å². The van der Waals surface area contributed by atoms with Gasteiger partial charge in [-0.1, -0.05) is 13.8 Å². The second-order valence-electron chi connectivity index (χ2n) is 7.32. The molecule has 0 aromatic carbocycles. The maximum Gasteiger partial charge on any atom is 0.228 e. The summed E-state index contributed by atoms with van der Waals surface area (Å²) in [5.74, 6) is 1.24. The van der Waals surface area contributed by atoms with E-state index in [9.17, 15) is 0 Å². The normalized spacial score (nSPS) is 16.0. The molecule has 8 heteroatoms. The second-order valence-corrected chi connectivity index (χ2v) is 8.91. The van der Waals surface area contributed by atoms with E-state index in [-0.39, 0.29) is 0 Å². The fraction of sp³-hybridized carbons (Fsp3) is 0.429. The number of likely N-dealkylation sites (N-methyl/N-ethyl adjacent to an activating group) is 1. The summed E-state index contributed by atoms with van der Waals surface area (Å²) in [4.78, 5) is 23.4. The Morgan fingerprint density at radius 2 is 1.93 bits per heavy atom. The van der Waals surface area contributed by atoms with Crippen LogP contribution >= 0.6 is 11.8 Å². The first-order valence-electron chi connectivity index (χ1n) is 9.80. The van der Waals surface area contributed by atoms with Gasteiger partial charge in [-0.3, -0.25) is 4.99 Å². The molecule has 7 nitrogen and oxygen atoms in total. The van der Waals surface area contributed by atoms with Crippen molar-refractivity contribution in [3.63, 3.8) is 0 Å². The number of thioether (sulfide) groups is 1. The van der Waals surface area contributed by atoms with Gasteiger partial charge in [0.25, 0.3) is 0 Å². The van der Waals surface area contributed by atoms with Crippen LogP contribution in [0.5, 0.6) is 0 Å². The number of nitrogens with one attached hydrogen (secondary N) is 1. The molecule has 1 aliphatic heterocycles. The molecule has 0 atom stereocenters. The highest BCUT2D eigenvalue weighted by atomic mass is 32.2. The highest BCUT2D eigenvalue weighted by Gasteiger charge is 2.15. The minimum atomic E-state index is 0.414. The van der Waals surface area contributed by atoms with Crippen molar-refractivity contribution in [2.45, 2.75) is 26.0 Å². The van der Waals surface area contributed by atoms with Crippen LogP contribution in [0.25, 0.3) is 4.91 Å². The molecule has 1 fully saturated rings. The van der Waals surface area contributed by atoms with Crippen LogP contribution in [0.4, 0.5) is 17.5 Å². The van der Waals surface area contributed by atoms with E-state index in [4.69, 9.17) is 0 Å². The number of allylic oxidation sites excluding steroid dienone is 1. The van der Waals surface area contributed by atoms with Crippen LogP contribution in [0.2, 0.25) is 0 Å². The summed E-state index contributed by atoms with van der Waals surface area (Å²) in [5, 5.41) is 3.62. The summed E-state index contributed by atoms with van der Waals surface area (Å²) < 4.78 is 0. The quantitative estimate of drug-likeness (QED) is 0.693. The molecule has 154 valence electrons. The Balaban J connectivity index is 1.74. The number of anilines is 3. The lowest BCUT2D eigenvalue weighted by Crippen LogP contribution is -2.44. The summed E-state index contributed by atoms with van der Waals surface area (Å²) in [6, 6.07) is 5.96. The number of nitrogens with zero attached hydrogens (tertiary/aromatic N) is 6.